The minimum absolute atomic E-state index is 0.00140. The number of primary amides is 1. The zero-order valence-electron chi connectivity index (χ0n) is 11.6. The van der Waals surface area contributed by atoms with Crippen LogP contribution in [0.2, 0.25) is 0 Å². The fourth-order valence-electron chi connectivity index (χ4n) is 2.45. The van der Waals surface area contributed by atoms with Crippen LogP contribution in [0, 0.1) is 0 Å². The van der Waals surface area contributed by atoms with Crippen molar-refractivity contribution >= 4 is 11.8 Å². The van der Waals surface area contributed by atoms with Crippen LogP contribution < -0.4 is 11.5 Å². The van der Waals surface area contributed by atoms with Crippen LogP contribution in [0.4, 0.5) is 0 Å². The maximum atomic E-state index is 12.6. The van der Waals surface area contributed by atoms with Crippen molar-refractivity contribution in [3.8, 4) is 0 Å². The van der Waals surface area contributed by atoms with E-state index >= 15 is 0 Å². The molecule has 0 bridgehead atoms. The molecule has 0 aromatic heterocycles. The smallest absolute Gasteiger partial charge is 0.254 e. The Morgan fingerprint density at radius 3 is 2.65 bits per heavy atom. The summed E-state index contributed by atoms with van der Waals surface area (Å²) < 4.78 is 0. The van der Waals surface area contributed by atoms with Gasteiger partial charge < -0.3 is 21.3 Å². The molecule has 6 nitrogen and oxygen atoms in total. The van der Waals surface area contributed by atoms with Gasteiger partial charge in [-0.3, -0.25) is 9.59 Å². The maximum absolute atomic E-state index is 12.6. The molecule has 0 spiro atoms. The highest BCUT2D eigenvalue weighted by atomic mass is 16.2. The molecule has 2 rings (SSSR count). The van der Waals surface area contributed by atoms with E-state index in [2.05, 4.69) is 4.90 Å². The lowest BCUT2D eigenvalue weighted by molar-refractivity contribution is 0.0516. The third-order valence-corrected chi connectivity index (χ3v) is 3.61. The van der Waals surface area contributed by atoms with Crippen LogP contribution in [0.3, 0.4) is 0 Å². The molecule has 0 radical (unpaired) electrons. The van der Waals surface area contributed by atoms with Gasteiger partial charge in [0.1, 0.15) is 0 Å². The predicted molar refractivity (Wildman–Crippen MR) is 76.3 cm³/mol. The summed E-state index contributed by atoms with van der Waals surface area (Å²) in [4.78, 5) is 27.7. The number of carbonyl (C=O) groups excluding carboxylic acids is 2. The number of hydrogen-bond donors (Lipinski definition) is 2. The van der Waals surface area contributed by atoms with Crippen molar-refractivity contribution in [2.24, 2.45) is 11.5 Å². The van der Waals surface area contributed by atoms with E-state index in [1.807, 2.05) is 7.05 Å². The van der Waals surface area contributed by atoms with E-state index in [0.29, 0.717) is 24.2 Å². The second-order valence-electron chi connectivity index (χ2n) is 5.10. The second-order valence-corrected chi connectivity index (χ2v) is 5.10. The Kier molecular flexibility index (Phi) is 4.36. The first kappa shape index (κ1) is 14.5. The van der Waals surface area contributed by atoms with Gasteiger partial charge in [-0.2, -0.15) is 0 Å². The third kappa shape index (κ3) is 2.97. The Balaban J connectivity index is 2.21. The van der Waals surface area contributed by atoms with E-state index in [4.69, 9.17) is 11.5 Å². The molecule has 20 heavy (non-hydrogen) atoms. The summed E-state index contributed by atoms with van der Waals surface area (Å²) in [7, 11) is 2.01. The van der Waals surface area contributed by atoms with Gasteiger partial charge in [0, 0.05) is 37.3 Å². The molecule has 1 atom stereocenters. The van der Waals surface area contributed by atoms with E-state index in [1.165, 1.54) is 6.07 Å². The average molecular weight is 276 g/mol. The summed E-state index contributed by atoms with van der Waals surface area (Å²) in [6.07, 6.45) is 0. The highest BCUT2D eigenvalue weighted by Crippen LogP contribution is 2.14. The van der Waals surface area contributed by atoms with Crippen molar-refractivity contribution < 1.29 is 9.59 Å². The van der Waals surface area contributed by atoms with Crippen LogP contribution in [0.1, 0.15) is 20.7 Å². The molecule has 1 aromatic rings. The molecule has 1 saturated heterocycles. The van der Waals surface area contributed by atoms with Gasteiger partial charge in [0.15, 0.2) is 0 Å². The molecule has 0 aliphatic carbocycles. The first-order valence-electron chi connectivity index (χ1n) is 6.62. The number of piperazine rings is 1. The molecule has 4 N–H and O–H groups in total. The first-order chi connectivity index (χ1) is 9.52. The molecule has 1 aliphatic rings. The zero-order valence-corrected chi connectivity index (χ0v) is 11.6. The predicted octanol–water partition coefficient (Wildman–Crippen LogP) is -0.500. The fourth-order valence-corrected chi connectivity index (χ4v) is 2.45. The Morgan fingerprint density at radius 1 is 1.30 bits per heavy atom. The van der Waals surface area contributed by atoms with E-state index in [0.717, 1.165) is 13.1 Å². The van der Waals surface area contributed by atoms with Gasteiger partial charge in [-0.25, -0.2) is 0 Å². The van der Waals surface area contributed by atoms with Gasteiger partial charge in [0.2, 0.25) is 5.91 Å². The summed E-state index contributed by atoms with van der Waals surface area (Å²) in [6.45, 7) is 2.64. The second kappa shape index (κ2) is 6.02. The number of benzene rings is 1. The number of amides is 2. The van der Waals surface area contributed by atoms with Crippen LogP contribution in [0.15, 0.2) is 24.3 Å². The van der Waals surface area contributed by atoms with Crippen molar-refractivity contribution in [3.63, 3.8) is 0 Å². The molecule has 1 fully saturated rings. The Morgan fingerprint density at radius 2 is 2.00 bits per heavy atom. The minimum Gasteiger partial charge on any atom is -0.366 e. The molecule has 108 valence electrons. The number of carbonyl (C=O) groups is 2. The number of nitrogens with zero attached hydrogens (tertiary/aromatic N) is 2. The molecule has 2 amide bonds. The number of likely N-dealkylation sites (N-methyl/N-ethyl adjacent to an activating group) is 1. The molecule has 0 saturated carbocycles. The lowest BCUT2D eigenvalue weighted by Gasteiger charge is -2.39. The van der Waals surface area contributed by atoms with Gasteiger partial charge in [-0.15, -0.1) is 0 Å². The van der Waals surface area contributed by atoms with Crippen LogP contribution in [0.25, 0.3) is 0 Å². The van der Waals surface area contributed by atoms with Gasteiger partial charge >= 0.3 is 0 Å². The van der Waals surface area contributed by atoms with Crippen molar-refractivity contribution in [2.45, 2.75) is 6.04 Å². The quantitative estimate of drug-likeness (QED) is 0.778. The van der Waals surface area contributed by atoms with Crippen LogP contribution in [-0.4, -0.2) is 60.9 Å². The largest absolute Gasteiger partial charge is 0.366 e. The summed E-state index contributed by atoms with van der Waals surface area (Å²) in [5.41, 5.74) is 11.8. The van der Waals surface area contributed by atoms with Gasteiger partial charge in [0.05, 0.1) is 6.04 Å². The highest BCUT2D eigenvalue weighted by molar-refractivity contribution is 5.99. The first-order valence-corrected chi connectivity index (χ1v) is 6.62. The molecular formula is C14H20N4O2. The normalized spacial score (nSPS) is 19.9. The van der Waals surface area contributed by atoms with Gasteiger partial charge in [-0.05, 0) is 25.2 Å². The monoisotopic (exact) mass is 276 g/mol. The standard InChI is InChI=1S/C14H20N4O2/c1-17-5-6-18(12(8-15)9-17)14(20)11-4-2-3-10(7-11)13(16)19/h2-4,7,12H,5-6,8-9,15H2,1H3,(H2,16,19). The molecule has 1 aromatic carbocycles. The van der Waals surface area contributed by atoms with Crippen LogP contribution in [0.5, 0.6) is 0 Å². The van der Waals surface area contributed by atoms with E-state index in [-0.39, 0.29) is 11.9 Å². The molecule has 6 heteroatoms. The van der Waals surface area contributed by atoms with E-state index in [1.54, 1.807) is 23.1 Å². The Hall–Kier alpha value is -1.92. The third-order valence-electron chi connectivity index (χ3n) is 3.61. The molecule has 1 aliphatic heterocycles. The van der Waals surface area contributed by atoms with E-state index < -0.39 is 5.91 Å². The van der Waals surface area contributed by atoms with Crippen LogP contribution >= 0.6 is 0 Å². The summed E-state index contributed by atoms with van der Waals surface area (Å²) >= 11 is 0. The molecule has 1 unspecified atom stereocenters. The number of hydrogen-bond acceptors (Lipinski definition) is 4. The van der Waals surface area contributed by atoms with Gasteiger partial charge in [-0.1, -0.05) is 6.07 Å². The molecular weight excluding hydrogens is 256 g/mol. The van der Waals surface area contributed by atoms with Crippen molar-refractivity contribution in [1.29, 1.82) is 0 Å². The lowest BCUT2D eigenvalue weighted by Crippen LogP contribution is -2.56. The maximum Gasteiger partial charge on any atom is 0.254 e. The SMILES string of the molecule is CN1CCN(C(=O)c2cccc(C(N)=O)c2)C(CN)C1. The number of nitrogens with two attached hydrogens (primary N) is 2. The average Bonchev–Trinajstić information content (AvgIpc) is 2.46. The van der Waals surface area contributed by atoms with E-state index in [9.17, 15) is 9.59 Å². The Labute approximate surface area is 118 Å². The summed E-state index contributed by atoms with van der Waals surface area (Å²) in [5.74, 6) is -0.634. The highest BCUT2D eigenvalue weighted by Gasteiger charge is 2.28. The van der Waals surface area contributed by atoms with Crippen molar-refractivity contribution in [3.05, 3.63) is 35.4 Å². The summed E-state index contributed by atoms with van der Waals surface area (Å²) in [6, 6.07) is 6.50. The fraction of sp³-hybridized carbons (Fsp3) is 0.429. The lowest BCUT2D eigenvalue weighted by atomic mass is 10.1. The van der Waals surface area contributed by atoms with Gasteiger partial charge in [0.25, 0.3) is 5.91 Å². The molecule has 1 heterocycles. The summed E-state index contributed by atoms with van der Waals surface area (Å²) in [5, 5.41) is 0. The van der Waals surface area contributed by atoms with Crippen molar-refractivity contribution in [2.75, 3.05) is 33.2 Å². The Bertz CT molecular complexity index is 518. The number of rotatable bonds is 3. The zero-order chi connectivity index (χ0) is 14.7. The van der Waals surface area contributed by atoms with Crippen molar-refractivity contribution in [1.82, 2.24) is 9.80 Å². The van der Waals surface area contributed by atoms with Crippen LogP contribution in [-0.2, 0) is 0 Å². The topological polar surface area (TPSA) is 92.7 Å². The minimum atomic E-state index is -0.534.